The molecule has 2 aromatic rings. The third-order valence-corrected chi connectivity index (χ3v) is 5.05. The second kappa shape index (κ2) is 6.24. The predicted molar refractivity (Wildman–Crippen MR) is 95.3 cm³/mol. The van der Waals surface area contributed by atoms with E-state index in [0.29, 0.717) is 11.3 Å². The molecule has 25 heavy (non-hydrogen) atoms. The Kier molecular flexibility index (Phi) is 3.92. The molecule has 1 amide bonds. The summed E-state index contributed by atoms with van der Waals surface area (Å²) in [6.07, 6.45) is 8.78. The van der Waals surface area contributed by atoms with Gasteiger partial charge in [0, 0.05) is 24.0 Å². The lowest BCUT2D eigenvalue weighted by molar-refractivity contribution is 0.0684. The van der Waals surface area contributed by atoms with Crippen LogP contribution in [-0.2, 0) is 0 Å². The normalized spacial score (nSPS) is 21.4. The van der Waals surface area contributed by atoms with Crippen LogP contribution in [-0.4, -0.2) is 34.6 Å². The predicted octanol–water partition coefficient (Wildman–Crippen LogP) is 2.78. The number of hydrogen-bond acceptors (Lipinski definition) is 3. The fourth-order valence-corrected chi connectivity index (χ4v) is 3.82. The number of nitrogens with zero attached hydrogens (tertiary/aromatic N) is 2. The lowest BCUT2D eigenvalue weighted by Crippen LogP contribution is -2.42. The Labute approximate surface area is 146 Å². The number of para-hydroxylation sites is 1. The first-order valence-electron chi connectivity index (χ1n) is 8.54. The molecule has 1 fully saturated rings. The minimum absolute atomic E-state index is 0.0709. The lowest BCUT2D eigenvalue weighted by Gasteiger charge is -2.32. The minimum atomic E-state index is -0.221. The van der Waals surface area contributed by atoms with E-state index in [1.165, 1.54) is 17.7 Å². The number of carbonyl (C=O) groups is 1. The highest BCUT2D eigenvalue weighted by Crippen LogP contribution is 2.34. The second-order valence-corrected chi connectivity index (χ2v) is 6.47. The molecule has 5 nitrogen and oxygen atoms in total. The zero-order valence-corrected chi connectivity index (χ0v) is 14.1. The van der Waals surface area contributed by atoms with Crippen molar-refractivity contribution >= 4 is 5.91 Å². The van der Waals surface area contributed by atoms with E-state index >= 15 is 0 Å². The van der Waals surface area contributed by atoms with Gasteiger partial charge in [0.05, 0.1) is 18.7 Å². The molecule has 0 N–H and O–H groups in total. The molecule has 1 aromatic carbocycles. The number of aromatic nitrogens is 1. The van der Waals surface area contributed by atoms with E-state index in [4.69, 9.17) is 4.74 Å². The lowest BCUT2D eigenvalue weighted by atomic mass is 10.1. The minimum Gasteiger partial charge on any atom is -0.496 e. The average Bonchev–Trinajstić information content (AvgIpc) is 2.90. The van der Waals surface area contributed by atoms with Crippen molar-refractivity contribution in [1.29, 1.82) is 0 Å². The van der Waals surface area contributed by atoms with E-state index in [-0.39, 0.29) is 23.6 Å². The van der Waals surface area contributed by atoms with Gasteiger partial charge >= 0.3 is 0 Å². The molecule has 2 aliphatic heterocycles. The van der Waals surface area contributed by atoms with Gasteiger partial charge in [-0.1, -0.05) is 30.4 Å². The maximum absolute atomic E-state index is 13.2. The van der Waals surface area contributed by atoms with Gasteiger partial charge in [0.15, 0.2) is 0 Å². The van der Waals surface area contributed by atoms with E-state index in [1.807, 2.05) is 35.2 Å². The molecular weight excluding hydrogens is 316 g/mol. The largest absolute Gasteiger partial charge is 0.496 e. The van der Waals surface area contributed by atoms with Crippen LogP contribution in [0.2, 0.25) is 0 Å². The number of hydrogen-bond donors (Lipinski definition) is 0. The molecule has 0 aliphatic carbocycles. The summed E-state index contributed by atoms with van der Waals surface area (Å²) < 4.78 is 6.84. The number of methoxy groups -OCH3 is 1. The molecule has 0 spiro atoms. The molecule has 2 unspecified atom stereocenters. The van der Waals surface area contributed by atoms with Crippen molar-refractivity contribution in [3.8, 4) is 11.4 Å². The van der Waals surface area contributed by atoms with Gasteiger partial charge in [-0.2, -0.15) is 0 Å². The van der Waals surface area contributed by atoms with Crippen molar-refractivity contribution in [1.82, 2.24) is 9.47 Å². The topological polar surface area (TPSA) is 51.5 Å². The first kappa shape index (κ1) is 15.7. The van der Waals surface area contributed by atoms with Gasteiger partial charge in [-0.05, 0) is 31.4 Å². The summed E-state index contributed by atoms with van der Waals surface area (Å²) in [5, 5.41) is 0. The average molecular weight is 336 g/mol. The van der Waals surface area contributed by atoms with Crippen LogP contribution in [0.1, 0.15) is 29.6 Å². The first-order valence-corrected chi connectivity index (χ1v) is 8.54. The van der Waals surface area contributed by atoms with Gasteiger partial charge < -0.3 is 9.64 Å². The van der Waals surface area contributed by atoms with Crippen LogP contribution in [0.3, 0.4) is 0 Å². The SMILES string of the molecule is COc1cc(=O)n(-c2ccccc2)cc1C(=O)N1C2C=CCC1CC2. The number of rotatable bonds is 3. The molecule has 4 rings (SSSR count). The van der Waals surface area contributed by atoms with Gasteiger partial charge in [0.2, 0.25) is 0 Å². The van der Waals surface area contributed by atoms with Crippen LogP contribution in [0, 0.1) is 0 Å². The summed E-state index contributed by atoms with van der Waals surface area (Å²) in [6.45, 7) is 0. The molecule has 3 heterocycles. The number of fused-ring (bicyclic) bond motifs is 2. The summed E-state index contributed by atoms with van der Waals surface area (Å²) in [7, 11) is 1.49. The zero-order valence-electron chi connectivity index (χ0n) is 14.1. The Hall–Kier alpha value is -2.82. The highest BCUT2D eigenvalue weighted by atomic mass is 16.5. The molecular formula is C20H20N2O3. The van der Waals surface area contributed by atoms with Crippen molar-refractivity contribution in [3.63, 3.8) is 0 Å². The standard InChI is InChI=1S/C20H20N2O3/c1-25-18-12-19(23)21(14-6-3-2-4-7-14)13-17(18)20(24)22-15-8-5-9-16(22)11-10-15/h2-8,12-13,15-16H,9-11H2,1H3. The van der Waals surface area contributed by atoms with Crippen molar-refractivity contribution in [2.24, 2.45) is 0 Å². The summed E-state index contributed by atoms with van der Waals surface area (Å²) in [4.78, 5) is 27.6. The summed E-state index contributed by atoms with van der Waals surface area (Å²) in [5.74, 6) is 0.259. The number of amides is 1. The summed E-state index contributed by atoms with van der Waals surface area (Å²) >= 11 is 0. The van der Waals surface area contributed by atoms with E-state index in [0.717, 1.165) is 24.9 Å². The monoisotopic (exact) mass is 336 g/mol. The van der Waals surface area contributed by atoms with Crippen molar-refractivity contribution in [3.05, 3.63) is 70.7 Å². The fourth-order valence-electron chi connectivity index (χ4n) is 3.82. The molecule has 2 bridgehead atoms. The van der Waals surface area contributed by atoms with Crippen LogP contribution < -0.4 is 10.3 Å². The fraction of sp³-hybridized carbons (Fsp3) is 0.300. The number of benzene rings is 1. The Morgan fingerprint density at radius 2 is 2.00 bits per heavy atom. The van der Waals surface area contributed by atoms with Crippen molar-refractivity contribution in [2.75, 3.05) is 7.11 Å². The Balaban J connectivity index is 1.80. The van der Waals surface area contributed by atoms with Gasteiger partial charge in [-0.25, -0.2) is 0 Å². The van der Waals surface area contributed by atoms with Gasteiger partial charge in [-0.15, -0.1) is 0 Å². The van der Waals surface area contributed by atoms with Gasteiger partial charge in [0.25, 0.3) is 11.5 Å². The molecule has 2 atom stereocenters. The smallest absolute Gasteiger partial charge is 0.259 e. The Morgan fingerprint density at radius 1 is 1.20 bits per heavy atom. The first-order chi connectivity index (χ1) is 12.2. The molecule has 1 saturated heterocycles. The highest BCUT2D eigenvalue weighted by molar-refractivity contribution is 5.97. The molecule has 5 heteroatoms. The molecule has 1 aromatic heterocycles. The molecule has 128 valence electrons. The second-order valence-electron chi connectivity index (χ2n) is 6.47. The van der Waals surface area contributed by atoms with Gasteiger partial charge in [0.1, 0.15) is 5.75 Å². The van der Waals surface area contributed by atoms with E-state index in [2.05, 4.69) is 12.2 Å². The zero-order chi connectivity index (χ0) is 17.4. The van der Waals surface area contributed by atoms with Gasteiger partial charge in [-0.3, -0.25) is 14.2 Å². The van der Waals surface area contributed by atoms with Crippen LogP contribution in [0.15, 0.2) is 59.5 Å². The third-order valence-electron chi connectivity index (χ3n) is 5.05. The van der Waals surface area contributed by atoms with E-state index in [1.54, 1.807) is 6.20 Å². The van der Waals surface area contributed by atoms with E-state index in [9.17, 15) is 9.59 Å². The van der Waals surface area contributed by atoms with Crippen LogP contribution >= 0.6 is 0 Å². The maximum Gasteiger partial charge on any atom is 0.259 e. The summed E-state index contributed by atoms with van der Waals surface area (Å²) in [6, 6.07) is 11.1. The third kappa shape index (κ3) is 2.65. The number of pyridine rings is 1. The summed E-state index contributed by atoms with van der Waals surface area (Å²) in [5.41, 5.74) is 0.935. The van der Waals surface area contributed by atoms with Crippen molar-refractivity contribution < 1.29 is 9.53 Å². The molecule has 2 aliphatic rings. The van der Waals surface area contributed by atoms with Crippen LogP contribution in [0.25, 0.3) is 5.69 Å². The van der Waals surface area contributed by atoms with E-state index < -0.39 is 0 Å². The molecule has 0 radical (unpaired) electrons. The van der Waals surface area contributed by atoms with Crippen molar-refractivity contribution in [2.45, 2.75) is 31.3 Å². The number of ether oxygens (including phenoxy) is 1. The Bertz CT molecular complexity index is 886. The maximum atomic E-state index is 13.2. The van der Waals surface area contributed by atoms with Crippen LogP contribution in [0.4, 0.5) is 0 Å². The number of carbonyl (C=O) groups excluding carboxylic acids is 1. The van der Waals surface area contributed by atoms with Crippen LogP contribution in [0.5, 0.6) is 5.75 Å². The highest BCUT2D eigenvalue weighted by Gasteiger charge is 2.38. The molecule has 0 saturated carbocycles. The Morgan fingerprint density at radius 3 is 2.72 bits per heavy atom. The quantitative estimate of drug-likeness (QED) is 0.810.